The molecule has 0 heterocycles. The van der Waals surface area contributed by atoms with Crippen molar-refractivity contribution in [1.82, 2.24) is 0 Å². The molecule has 0 saturated heterocycles. The quantitative estimate of drug-likeness (QED) is 0.610. The molecule has 3 heteroatoms. The molecule has 2 nitrogen and oxygen atoms in total. The van der Waals surface area contributed by atoms with Crippen LogP contribution in [0.15, 0.2) is 30.3 Å². The lowest BCUT2D eigenvalue weighted by atomic mass is 9.83. The van der Waals surface area contributed by atoms with Crippen molar-refractivity contribution in [3.63, 3.8) is 0 Å². The van der Waals surface area contributed by atoms with Crippen molar-refractivity contribution in [3.8, 4) is 0 Å². The molecule has 0 radical (unpaired) electrons. The third kappa shape index (κ3) is 3.97. The molecule has 1 aliphatic carbocycles. The minimum atomic E-state index is -0.920. The van der Waals surface area contributed by atoms with Crippen molar-refractivity contribution < 1.29 is 9.53 Å². The molecular formula is C16H21ClO2. The first kappa shape index (κ1) is 14.4. The molecule has 2 rings (SSSR count). The van der Waals surface area contributed by atoms with E-state index in [-0.39, 0.29) is 12.1 Å². The van der Waals surface area contributed by atoms with Crippen LogP contribution in [0.2, 0.25) is 0 Å². The van der Waals surface area contributed by atoms with Crippen molar-refractivity contribution in [2.75, 3.05) is 0 Å². The summed E-state index contributed by atoms with van der Waals surface area (Å²) in [7, 11) is 0. The van der Waals surface area contributed by atoms with Gasteiger partial charge in [0.15, 0.2) is 0 Å². The first-order valence-corrected chi connectivity index (χ1v) is 7.29. The average Bonchev–Trinajstić information content (AvgIpc) is 2.39. The molecule has 1 fully saturated rings. The first-order chi connectivity index (χ1) is 8.97. The number of alkyl halides is 1. The van der Waals surface area contributed by atoms with E-state index in [4.69, 9.17) is 16.3 Å². The second kappa shape index (κ2) is 5.96. The van der Waals surface area contributed by atoms with E-state index < -0.39 is 4.87 Å². The van der Waals surface area contributed by atoms with Crippen LogP contribution in [0.25, 0.3) is 0 Å². The molecule has 104 valence electrons. The number of halogens is 1. The maximum absolute atomic E-state index is 11.7. The smallest absolute Gasteiger partial charge is 0.326 e. The van der Waals surface area contributed by atoms with E-state index in [1.54, 1.807) is 13.8 Å². The van der Waals surface area contributed by atoms with Crippen LogP contribution in [0.1, 0.15) is 51.0 Å². The van der Waals surface area contributed by atoms with E-state index in [2.05, 4.69) is 24.3 Å². The summed E-state index contributed by atoms with van der Waals surface area (Å²) in [5.74, 6) is 0.289. The molecule has 1 aliphatic rings. The van der Waals surface area contributed by atoms with E-state index in [1.165, 1.54) is 5.56 Å². The Morgan fingerprint density at radius 2 is 1.74 bits per heavy atom. The zero-order valence-corrected chi connectivity index (χ0v) is 12.3. The van der Waals surface area contributed by atoms with Crippen LogP contribution < -0.4 is 0 Å². The Bertz CT molecular complexity index is 414. The van der Waals surface area contributed by atoms with E-state index in [0.29, 0.717) is 5.92 Å². The standard InChI is InChI=1S/C16H21ClO2/c1-16(2,17)15(18)19-14-10-8-13(9-11-14)12-6-4-3-5-7-12/h3-7,13-14H,8-11H2,1-2H3. The van der Waals surface area contributed by atoms with Gasteiger partial charge < -0.3 is 4.74 Å². The number of esters is 1. The fraction of sp³-hybridized carbons (Fsp3) is 0.562. The van der Waals surface area contributed by atoms with Gasteiger partial charge in [-0.15, -0.1) is 11.6 Å². The molecule has 1 saturated carbocycles. The van der Waals surface area contributed by atoms with Gasteiger partial charge in [0.05, 0.1) is 0 Å². The van der Waals surface area contributed by atoms with Crippen LogP contribution in [0.3, 0.4) is 0 Å². The number of hydrogen-bond donors (Lipinski definition) is 0. The molecule has 0 N–H and O–H groups in total. The van der Waals surface area contributed by atoms with Crippen LogP contribution in [0.4, 0.5) is 0 Å². The van der Waals surface area contributed by atoms with Crippen LogP contribution in [0, 0.1) is 0 Å². The van der Waals surface area contributed by atoms with Gasteiger partial charge in [-0.1, -0.05) is 30.3 Å². The van der Waals surface area contributed by atoms with E-state index in [0.717, 1.165) is 25.7 Å². The summed E-state index contributed by atoms with van der Waals surface area (Å²) in [6, 6.07) is 10.6. The van der Waals surface area contributed by atoms with Crippen molar-refractivity contribution in [3.05, 3.63) is 35.9 Å². The summed E-state index contributed by atoms with van der Waals surface area (Å²) >= 11 is 5.95. The van der Waals surface area contributed by atoms with Gasteiger partial charge in [-0.25, -0.2) is 0 Å². The van der Waals surface area contributed by atoms with Crippen LogP contribution in [-0.4, -0.2) is 16.9 Å². The third-order valence-electron chi connectivity index (χ3n) is 3.70. The largest absolute Gasteiger partial charge is 0.461 e. The monoisotopic (exact) mass is 280 g/mol. The molecule has 0 aliphatic heterocycles. The minimum absolute atomic E-state index is 0.0329. The molecule has 19 heavy (non-hydrogen) atoms. The fourth-order valence-corrected chi connectivity index (χ4v) is 2.58. The highest BCUT2D eigenvalue weighted by Crippen LogP contribution is 2.34. The number of ether oxygens (including phenoxy) is 1. The molecule has 1 aromatic carbocycles. The Balaban J connectivity index is 1.85. The predicted octanol–water partition coefficient (Wildman–Crippen LogP) is 4.27. The summed E-state index contributed by atoms with van der Waals surface area (Å²) in [6.45, 7) is 3.35. The Labute approximate surface area is 120 Å². The molecule has 0 spiro atoms. The number of hydrogen-bond acceptors (Lipinski definition) is 2. The van der Waals surface area contributed by atoms with Crippen molar-refractivity contribution in [1.29, 1.82) is 0 Å². The number of carbonyl (C=O) groups is 1. The zero-order valence-electron chi connectivity index (χ0n) is 11.6. The lowest BCUT2D eigenvalue weighted by molar-refractivity contribution is -0.153. The topological polar surface area (TPSA) is 26.3 Å². The lowest BCUT2D eigenvalue weighted by Gasteiger charge is -2.30. The van der Waals surface area contributed by atoms with Gasteiger partial charge in [0.1, 0.15) is 11.0 Å². The summed E-state index contributed by atoms with van der Waals surface area (Å²) in [6.07, 6.45) is 4.04. The second-order valence-corrected chi connectivity index (χ2v) is 6.71. The summed E-state index contributed by atoms with van der Waals surface area (Å²) in [5.41, 5.74) is 1.39. The van der Waals surface area contributed by atoms with Gasteiger partial charge in [0.2, 0.25) is 0 Å². The molecule has 0 unspecified atom stereocenters. The Hall–Kier alpha value is -1.02. The van der Waals surface area contributed by atoms with Crippen molar-refractivity contribution in [2.24, 2.45) is 0 Å². The summed E-state index contributed by atoms with van der Waals surface area (Å²) < 4.78 is 5.47. The summed E-state index contributed by atoms with van der Waals surface area (Å²) in [4.78, 5) is 10.8. The third-order valence-corrected chi connectivity index (χ3v) is 3.86. The highest BCUT2D eigenvalue weighted by Gasteiger charge is 2.31. The van der Waals surface area contributed by atoms with Crippen LogP contribution in [0.5, 0.6) is 0 Å². The Kier molecular flexibility index (Phi) is 4.51. The molecule has 0 atom stereocenters. The van der Waals surface area contributed by atoms with E-state index >= 15 is 0 Å². The normalized spacial score (nSPS) is 23.9. The highest BCUT2D eigenvalue weighted by atomic mass is 35.5. The molecule has 0 amide bonds. The SMILES string of the molecule is CC(C)(Cl)C(=O)OC1CCC(c2ccccc2)CC1. The van der Waals surface area contributed by atoms with Crippen molar-refractivity contribution in [2.45, 2.75) is 56.4 Å². The van der Waals surface area contributed by atoms with Crippen LogP contribution >= 0.6 is 11.6 Å². The first-order valence-electron chi connectivity index (χ1n) is 6.92. The van der Waals surface area contributed by atoms with E-state index in [1.807, 2.05) is 6.07 Å². The number of benzene rings is 1. The maximum atomic E-state index is 11.7. The average molecular weight is 281 g/mol. The lowest BCUT2D eigenvalue weighted by Crippen LogP contribution is -2.33. The number of rotatable bonds is 3. The Morgan fingerprint density at radius 1 is 1.16 bits per heavy atom. The van der Waals surface area contributed by atoms with Gasteiger partial charge in [-0.3, -0.25) is 4.79 Å². The Morgan fingerprint density at radius 3 is 2.26 bits per heavy atom. The van der Waals surface area contributed by atoms with Gasteiger partial charge in [0.25, 0.3) is 0 Å². The van der Waals surface area contributed by atoms with Gasteiger partial charge >= 0.3 is 5.97 Å². The zero-order chi connectivity index (χ0) is 13.9. The summed E-state index contributed by atoms with van der Waals surface area (Å²) in [5, 5.41) is 0. The number of carbonyl (C=O) groups excluding carboxylic acids is 1. The van der Waals surface area contributed by atoms with Crippen LogP contribution in [-0.2, 0) is 9.53 Å². The molecule has 1 aromatic rings. The van der Waals surface area contributed by atoms with Crippen molar-refractivity contribution >= 4 is 17.6 Å². The van der Waals surface area contributed by atoms with Gasteiger partial charge in [0, 0.05) is 0 Å². The minimum Gasteiger partial charge on any atom is -0.461 e. The predicted molar refractivity (Wildman–Crippen MR) is 77.5 cm³/mol. The maximum Gasteiger partial charge on any atom is 0.326 e. The fourth-order valence-electron chi connectivity index (χ4n) is 2.53. The second-order valence-electron chi connectivity index (χ2n) is 5.76. The van der Waals surface area contributed by atoms with E-state index in [9.17, 15) is 4.79 Å². The van der Waals surface area contributed by atoms with Gasteiger partial charge in [-0.05, 0) is 51.0 Å². The van der Waals surface area contributed by atoms with Gasteiger partial charge in [-0.2, -0.15) is 0 Å². The molecule has 0 bridgehead atoms. The molecular weight excluding hydrogens is 260 g/mol. The highest BCUT2D eigenvalue weighted by molar-refractivity contribution is 6.33. The molecule has 0 aromatic heterocycles.